The first-order valence-electron chi connectivity index (χ1n) is 7.95. The lowest BCUT2D eigenvalue weighted by Crippen LogP contribution is -2.51. The highest BCUT2D eigenvalue weighted by atomic mass is 35.5. The number of piperazine rings is 1. The van der Waals surface area contributed by atoms with E-state index in [0.717, 1.165) is 38.3 Å². The molecule has 22 heavy (non-hydrogen) atoms. The van der Waals surface area contributed by atoms with E-state index in [0.29, 0.717) is 12.6 Å². The van der Waals surface area contributed by atoms with Gasteiger partial charge in [-0.05, 0) is 12.8 Å². The Morgan fingerprint density at radius 1 is 1.45 bits per heavy atom. The third kappa shape index (κ3) is 4.00. The zero-order valence-electron chi connectivity index (χ0n) is 13.1. The number of carbonyl (C=O) groups is 1. The Hall–Kier alpha value is -1.11. The Morgan fingerprint density at radius 3 is 2.91 bits per heavy atom. The molecule has 1 saturated heterocycles. The molecule has 1 amide bonds. The van der Waals surface area contributed by atoms with Gasteiger partial charge in [-0.3, -0.25) is 9.69 Å². The van der Waals surface area contributed by atoms with Crippen molar-refractivity contribution >= 4 is 18.3 Å². The van der Waals surface area contributed by atoms with Crippen LogP contribution >= 0.6 is 12.4 Å². The van der Waals surface area contributed by atoms with Crippen molar-refractivity contribution in [3.63, 3.8) is 0 Å². The second-order valence-electron chi connectivity index (χ2n) is 6.14. The molecule has 7 heteroatoms. The van der Waals surface area contributed by atoms with Crippen molar-refractivity contribution in [2.45, 2.75) is 37.8 Å². The molecule has 1 unspecified atom stereocenters. The number of hydrogen-bond acceptors (Lipinski definition) is 4. The Kier molecular flexibility index (Phi) is 6.23. The van der Waals surface area contributed by atoms with Gasteiger partial charge in [0.1, 0.15) is 5.82 Å². The van der Waals surface area contributed by atoms with Crippen LogP contribution in [0.1, 0.15) is 37.5 Å². The van der Waals surface area contributed by atoms with E-state index in [4.69, 9.17) is 0 Å². The van der Waals surface area contributed by atoms with Crippen LogP contribution in [0.3, 0.4) is 0 Å². The van der Waals surface area contributed by atoms with Crippen LogP contribution in [0.5, 0.6) is 0 Å². The molecule has 2 fully saturated rings. The molecule has 3 rings (SSSR count). The molecule has 0 bridgehead atoms. The average molecular weight is 328 g/mol. The number of nitrogens with one attached hydrogen (secondary N) is 2. The van der Waals surface area contributed by atoms with Crippen LogP contribution < -0.4 is 10.6 Å². The number of amides is 1. The molecule has 124 valence electrons. The summed E-state index contributed by atoms with van der Waals surface area (Å²) in [7, 11) is 2.01. The van der Waals surface area contributed by atoms with Crippen molar-refractivity contribution in [3.05, 3.63) is 18.2 Å². The first kappa shape index (κ1) is 17.2. The number of nitrogens with zero attached hydrogens (tertiary/aromatic N) is 3. The lowest BCUT2D eigenvalue weighted by Gasteiger charge is -2.35. The molecular weight excluding hydrogens is 302 g/mol. The zero-order chi connectivity index (χ0) is 14.7. The third-order valence-electron chi connectivity index (χ3n) is 4.58. The predicted molar refractivity (Wildman–Crippen MR) is 88.0 cm³/mol. The van der Waals surface area contributed by atoms with E-state index in [1.807, 2.05) is 24.0 Å². The van der Waals surface area contributed by atoms with Gasteiger partial charge in [-0.1, -0.05) is 12.8 Å². The van der Waals surface area contributed by atoms with Crippen LogP contribution in [-0.4, -0.2) is 52.6 Å². The fourth-order valence-electron chi connectivity index (χ4n) is 3.42. The molecule has 1 atom stereocenters. The second-order valence-corrected chi connectivity index (χ2v) is 6.14. The van der Waals surface area contributed by atoms with Crippen molar-refractivity contribution in [3.8, 4) is 0 Å². The molecule has 1 aromatic rings. The average Bonchev–Trinajstić information content (AvgIpc) is 3.11. The topological polar surface area (TPSA) is 62.2 Å². The number of hydrogen-bond donors (Lipinski definition) is 2. The standard InChI is InChI=1S/C15H25N5O.ClH/c1-19-8-7-17-15(19)13-10-16-6-9-20(13)11-14(21)18-12-4-2-3-5-12;/h7-8,12-13,16H,2-6,9-11H2,1H3,(H,18,21);1H. The van der Waals surface area contributed by atoms with Gasteiger partial charge in [-0.2, -0.15) is 0 Å². The fourth-order valence-corrected chi connectivity index (χ4v) is 3.42. The van der Waals surface area contributed by atoms with E-state index in [1.165, 1.54) is 12.8 Å². The summed E-state index contributed by atoms with van der Waals surface area (Å²) in [5, 5.41) is 6.58. The molecular formula is C15H26ClN5O. The predicted octanol–water partition coefficient (Wildman–Crippen LogP) is 0.847. The maximum atomic E-state index is 12.3. The van der Waals surface area contributed by atoms with E-state index >= 15 is 0 Å². The van der Waals surface area contributed by atoms with E-state index in [-0.39, 0.29) is 24.4 Å². The summed E-state index contributed by atoms with van der Waals surface area (Å²) in [4.78, 5) is 19.0. The van der Waals surface area contributed by atoms with Crippen LogP contribution in [0.4, 0.5) is 0 Å². The highest BCUT2D eigenvalue weighted by molar-refractivity contribution is 5.85. The molecule has 1 aromatic heterocycles. The van der Waals surface area contributed by atoms with E-state index < -0.39 is 0 Å². The van der Waals surface area contributed by atoms with Crippen molar-refractivity contribution in [2.75, 3.05) is 26.2 Å². The van der Waals surface area contributed by atoms with Gasteiger partial charge in [0.05, 0.1) is 12.6 Å². The lowest BCUT2D eigenvalue weighted by molar-refractivity contribution is -0.123. The number of aromatic nitrogens is 2. The number of aryl methyl sites for hydroxylation is 1. The molecule has 0 aromatic carbocycles. The van der Waals surface area contributed by atoms with Gasteiger partial charge in [-0.15, -0.1) is 12.4 Å². The SMILES string of the molecule is Cl.Cn1ccnc1C1CNCCN1CC(=O)NC1CCCC1. The number of carbonyl (C=O) groups excluding carboxylic acids is 1. The van der Waals surface area contributed by atoms with Crippen molar-refractivity contribution in [1.82, 2.24) is 25.1 Å². The zero-order valence-corrected chi connectivity index (χ0v) is 13.9. The van der Waals surface area contributed by atoms with E-state index in [9.17, 15) is 4.79 Å². The maximum Gasteiger partial charge on any atom is 0.234 e. The molecule has 0 radical (unpaired) electrons. The normalized spacial score (nSPS) is 23.2. The van der Waals surface area contributed by atoms with Crippen molar-refractivity contribution < 1.29 is 4.79 Å². The van der Waals surface area contributed by atoms with E-state index in [2.05, 4.69) is 20.5 Å². The Morgan fingerprint density at radius 2 is 2.23 bits per heavy atom. The summed E-state index contributed by atoms with van der Waals surface area (Å²) in [6.07, 6.45) is 8.54. The van der Waals surface area contributed by atoms with Crippen LogP contribution in [0.2, 0.25) is 0 Å². The Bertz CT molecular complexity index is 486. The van der Waals surface area contributed by atoms with Gasteiger partial charge in [0.25, 0.3) is 0 Å². The van der Waals surface area contributed by atoms with Crippen LogP contribution in [0.25, 0.3) is 0 Å². The lowest BCUT2D eigenvalue weighted by atomic mass is 10.1. The van der Waals surface area contributed by atoms with Gasteiger partial charge in [0.15, 0.2) is 0 Å². The molecule has 1 saturated carbocycles. The highest BCUT2D eigenvalue weighted by Gasteiger charge is 2.28. The largest absolute Gasteiger partial charge is 0.352 e. The summed E-state index contributed by atoms with van der Waals surface area (Å²) in [5.74, 6) is 1.18. The molecule has 2 aliphatic rings. The van der Waals surface area contributed by atoms with Crippen LogP contribution in [0.15, 0.2) is 12.4 Å². The summed E-state index contributed by atoms with van der Waals surface area (Å²) in [6.45, 7) is 3.13. The molecule has 6 nitrogen and oxygen atoms in total. The summed E-state index contributed by atoms with van der Waals surface area (Å²) in [6, 6.07) is 0.570. The van der Waals surface area contributed by atoms with Crippen molar-refractivity contribution in [1.29, 1.82) is 0 Å². The quantitative estimate of drug-likeness (QED) is 0.860. The van der Waals surface area contributed by atoms with Crippen LogP contribution in [0, 0.1) is 0 Å². The molecule has 1 aliphatic carbocycles. The minimum atomic E-state index is 0. The number of imidazole rings is 1. The molecule has 0 spiro atoms. The third-order valence-corrected chi connectivity index (χ3v) is 4.58. The Balaban J connectivity index is 0.00000176. The van der Waals surface area contributed by atoms with E-state index in [1.54, 1.807) is 0 Å². The second kappa shape index (κ2) is 7.94. The highest BCUT2D eigenvalue weighted by Crippen LogP contribution is 2.21. The maximum absolute atomic E-state index is 12.3. The van der Waals surface area contributed by atoms with Crippen LogP contribution in [-0.2, 0) is 11.8 Å². The first-order chi connectivity index (χ1) is 10.2. The summed E-state index contributed by atoms with van der Waals surface area (Å²) in [5.41, 5.74) is 0. The summed E-state index contributed by atoms with van der Waals surface area (Å²) >= 11 is 0. The molecule has 1 aliphatic heterocycles. The minimum absolute atomic E-state index is 0. The summed E-state index contributed by atoms with van der Waals surface area (Å²) < 4.78 is 2.04. The van der Waals surface area contributed by atoms with Gasteiger partial charge in [0.2, 0.25) is 5.91 Å². The Labute approximate surface area is 138 Å². The first-order valence-corrected chi connectivity index (χ1v) is 7.95. The number of halogens is 1. The minimum Gasteiger partial charge on any atom is -0.352 e. The smallest absolute Gasteiger partial charge is 0.234 e. The van der Waals surface area contributed by atoms with Crippen molar-refractivity contribution in [2.24, 2.45) is 7.05 Å². The van der Waals surface area contributed by atoms with Gasteiger partial charge in [-0.25, -0.2) is 4.98 Å². The van der Waals surface area contributed by atoms with Gasteiger partial charge < -0.3 is 15.2 Å². The molecule has 2 N–H and O–H groups in total. The number of rotatable bonds is 4. The molecule has 2 heterocycles. The van der Waals surface area contributed by atoms with Gasteiger partial charge >= 0.3 is 0 Å². The fraction of sp³-hybridized carbons (Fsp3) is 0.733. The van der Waals surface area contributed by atoms with Gasteiger partial charge in [0, 0.05) is 45.1 Å². The monoisotopic (exact) mass is 327 g/mol.